The Bertz CT molecular complexity index is 504. The molecule has 0 aliphatic carbocycles. The third-order valence-corrected chi connectivity index (χ3v) is 3.53. The van der Waals surface area contributed by atoms with Gasteiger partial charge in [-0.3, -0.25) is 10.2 Å². The molecule has 5 nitrogen and oxygen atoms in total. The molecule has 0 radical (unpaired) electrons. The molecule has 1 aliphatic rings. The van der Waals surface area contributed by atoms with Crippen LogP contribution in [0.25, 0.3) is 0 Å². The second-order valence-electron chi connectivity index (χ2n) is 5.00. The molecule has 102 valence electrons. The first kappa shape index (κ1) is 13.5. The van der Waals surface area contributed by atoms with Crippen molar-refractivity contribution in [2.45, 2.75) is 6.92 Å². The summed E-state index contributed by atoms with van der Waals surface area (Å²) in [7, 11) is 2.08. The molecule has 1 aromatic carbocycles. The molecule has 0 unspecified atom stereocenters. The van der Waals surface area contributed by atoms with Crippen LogP contribution in [0.3, 0.4) is 0 Å². The lowest BCUT2D eigenvalue weighted by Gasteiger charge is -2.34. The molecule has 1 saturated heterocycles. The normalized spacial score (nSPS) is 16.4. The summed E-state index contributed by atoms with van der Waals surface area (Å²) in [4.78, 5) is 15.6. The third kappa shape index (κ3) is 2.93. The van der Waals surface area contributed by atoms with Gasteiger partial charge in [0.15, 0.2) is 5.78 Å². The number of nitrogens with one attached hydrogen (secondary N) is 1. The number of likely N-dealkylation sites (N-methyl/N-ethyl adjacent to an activating group) is 1. The van der Waals surface area contributed by atoms with E-state index in [-0.39, 0.29) is 5.78 Å². The van der Waals surface area contributed by atoms with Crippen molar-refractivity contribution in [1.29, 1.82) is 5.41 Å². The van der Waals surface area contributed by atoms with Crippen molar-refractivity contribution in [3.8, 4) is 0 Å². The Balaban J connectivity index is 2.17. The zero-order chi connectivity index (χ0) is 14.0. The molecule has 2 rings (SSSR count). The first-order valence-corrected chi connectivity index (χ1v) is 6.42. The summed E-state index contributed by atoms with van der Waals surface area (Å²) in [6.45, 7) is 5.09. The van der Waals surface area contributed by atoms with E-state index in [1.807, 2.05) is 4.90 Å². The number of anilines is 1. The maximum absolute atomic E-state index is 11.3. The van der Waals surface area contributed by atoms with E-state index >= 15 is 0 Å². The minimum absolute atomic E-state index is 0.00984. The van der Waals surface area contributed by atoms with E-state index in [9.17, 15) is 4.79 Å². The number of carbonyl (C=O) groups excluding carboxylic acids is 1. The summed E-state index contributed by atoms with van der Waals surface area (Å²) < 4.78 is 0. The molecule has 0 aromatic heterocycles. The maximum atomic E-state index is 11.3. The third-order valence-electron chi connectivity index (χ3n) is 3.53. The Kier molecular flexibility index (Phi) is 3.85. The monoisotopic (exact) mass is 260 g/mol. The van der Waals surface area contributed by atoms with Gasteiger partial charge in [-0.25, -0.2) is 0 Å². The van der Waals surface area contributed by atoms with Gasteiger partial charge in [0.1, 0.15) is 5.84 Å². The van der Waals surface area contributed by atoms with E-state index in [0.717, 1.165) is 26.2 Å². The summed E-state index contributed by atoms with van der Waals surface area (Å²) in [5.74, 6) is 0.435. The highest BCUT2D eigenvalue weighted by Gasteiger charge is 2.19. The highest BCUT2D eigenvalue weighted by Crippen LogP contribution is 2.17. The topological polar surface area (TPSA) is 73.4 Å². The second kappa shape index (κ2) is 5.40. The van der Waals surface area contributed by atoms with Crippen molar-refractivity contribution < 1.29 is 4.79 Å². The molecular weight excluding hydrogens is 240 g/mol. The van der Waals surface area contributed by atoms with E-state index in [1.165, 1.54) is 6.92 Å². The molecule has 3 N–H and O–H groups in total. The Morgan fingerprint density at radius 3 is 2.42 bits per heavy atom. The first-order valence-electron chi connectivity index (χ1n) is 6.42. The number of nitrogens with zero attached hydrogens (tertiary/aromatic N) is 2. The van der Waals surface area contributed by atoms with Gasteiger partial charge in [0, 0.05) is 43.0 Å². The molecule has 0 atom stereocenters. The van der Waals surface area contributed by atoms with E-state index in [0.29, 0.717) is 22.6 Å². The number of hydrogen-bond donors (Lipinski definition) is 2. The van der Waals surface area contributed by atoms with Crippen LogP contribution in [-0.2, 0) is 0 Å². The Morgan fingerprint density at radius 2 is 1.89 bits per heavy atom. The van der Waals surface area contributed by atoms with Crippen molar-refractivity contribution in [2.75, 3.05) is 39.0 Å². The molecule has 0 saturated carbocycles. The van der Waals surface area contributed by atoms with Gasteiger partial charge in [-0.05, 0) is 26.1 Å². The number of Topliss-reactive ketones (excluding diaryl/α,β-unsaturated/α-hetero) is 1. The molecule has 19 heavy (non-hydrogen) atoms. The van der Waals surface area contributed by atoms with Gasteiger partial charge in [-0.2, -0.15) is 0 Å². The zero-order valence-corrected chi connectivity index (χ0v) is 11.4. The van der Waals surface area contributed by atoms with Crippen molar-refractivity contribution in [1.82, 2.24) is 9.80 Å². The number of carbonyl (C=O) groups is 1. The Labute approximate surface area is 113 Å². The van der Waals surface area contributed by atoms with Crippen LogP contribution in [0.5, 0.6) is 0 Å². The van der Waals surface area contributed by atoms with Crippen LogP contribution in [-0.4, -0.2) is 54.6 Å². The van der Waals surface area contributed by atoms with Crippen LogP contribution in [0.2, 0.25) is 0 Å². The maximum Gasteiger partial charge on any atom is 0.159 e. The number of rotatable bonds is 2. The average Bonchev–Trinajstić information content (AvgIpc) is 2.38. The van der Waals surface area contributed by atoms with Gasteiger partial charge in [0.05, 0.1) is 0 Å². The molecule has 0 spiro atoms. The van der Waals surface area contributed by atoms with E-state index in [2.05, 4.69) is 11.9 Å². The Hall–Kier alpha value is -1.88. The molecule has 5 heteroatoms. The van der Waals surface area contributed by atoms with Crippen molar-refractivity contribution in [3.05, 3.63) is 29.3 Å². The fourth-order valence-corrected chi connectivity index (χ4v) is 2.20. The molecule has 1 heterocycles. The summed E-state index contributed by atoms with van der Waals surface area (Å²) in [5, 5.41) is 8.25. The van der Waals surface area contributed by atoms with Gasteiger partial charge in [0.25, 0.3) is 0 Å². The highest BCUT2D eigenvalue weighted by atomic mass is 16.1. The van der Waals surface area contributed by atoms with Crippen molar-refractivity contribution in [3.63, 3.8) is 0 Å². The quantitative estimate of drug-likeness (QED) is 0.361. The van der Waals surface area contributed by atoms with Crippen LogP contribution in [0, 0.1) is 5.41 Å². The summed E-state index contributed by atoms with van der Waals surface area (Å²) >= 11 is 0. The number of nitrogen functional groups attached to an aromatic ring is 1. The lowest BCUT2D eigenvalue weighted by atomic mass is 10.1. The number of ketones is 1. The van der Waals surface area contributed by atoms with Crippen molar-refractivity contribution >= 4 is 17.3 Å². The fraction of sp³-hybridized carbons (Fsp3) is 0.429. The number of piperazine rings is 1. The van der Waals surface area contributed by atoms with E-state index in [1.54, 1.807) is 18.2 Å². The lowest BCUT2D eigenvalue weighted by Crippen LogP contribution is -2.47. The molecule has 0 amide bonds. The smallest absolute Gasteiger partial charge is 0.159 e. The van der Waals surface area contributed by atoms with Crippen LogP contribution in [0.4, 0.5) is 5.69 Å². The van der Waals surface area contributed by atoms with Gasteiger partial charge < -0.3 is 15.5 Å². The largest absolute Gasteiger partial charge is 0.398 e. The van der Waals surface area contributed by atoms with E-state index < -0.39 is 0 Å². The fourth-order valence-electron chi connectivity index (χ4n) is 2.20. The highest BCUT2D eigenvalue weighted by molar-refractivity contribution is 6.03. The van der Waals surface area contributed by atoms with E-state index in [4.69, 9.17) is 11.1 Å². The van der Waals surface area contributed by atoms with Gasteiger partial charge in [-0.15, -0.1) is 0 Å². The molecule has 0 bridgehead atoms. The average molecular weight is 260 g/mol. The molecule has 1 aromatic rings. The predicted molar refractivity (Wildman–Crippen MR) is 76.8 cm³/mol. The standard InChI is InChI=1S/C14H20N4O/c1-10(19)11-3-4-12(13(15)9-11)14(16)18-7-5-17(2)6-8-18/h3-4,9,16H,5-8,15H2,1-2H3. The number of hydrogen-bond acceptors (Lipinski definition) is 4. The summed E-state index contributed by atoms with van der Waals surface area (Å²) in [5.41, 5.74) is 7.75. The molecular formula is C14H20N4O. The van der Waals surface area contributed by atoms with Gasteiger partial charge >= 0.3 is 0 Å². The molecule has 1 aliphatic heterocycles. The minimum atomic E-state index is -0.00984. The van der Waals surface area contributed by atoms with Crippen LogP contribution in [0.1, 0.15) is 22.8 Å². The zero-order valence-electron chi connectivity index (χ0n) is 11.4. The van der Waals surface area contributed by atoms with Crippen LogP contribution in [0.15, 0.2) is 18.2 Å². The lowest BCUT2D eigenvalue weighted by molar-refractivity contribution is 0.101. The van der Waals surface area contributed by atoms with Crippen LogP contribution >= 0.6 is 0 Å². The number of amidine groups is 1. The number of benzene rings is 1. The molecule has 1 fully saturated rings. The minimum Gasteiger partial charge on any atom is -0.398 e. The van der Waals surface area contributed by atoms with Crippen LogP contribution < -0.4 is 5.73 Å². The first-order chi connectivity index (χ1) is 8.99. The predicted octanol–water partition coefficient (Wildman–Crippen LogP) is 1.04. The summed E-state index contributed by atoms with van der Waals surface area (Å²) in [6.07, 6.45) is 0. The van der Waals surface area contributed by atoms with Gasteiger partial charge in [-0.1, -0.05) is 6.07 Å². The SMILES string of the molecule is CC(=O)c1ccc(C(=N)N2CCN(C)CC2)c(N)c1. The Morgan fingerprint density at radius 1 is 1.26 bits per heavy atom. The summed E-state index contributed by atoms with van der Waals surface area (Å²) in [6, 6.07) is 5.16. The number of nitrogens with two attached hydrogens (primary N) is 1. The van der Waals surface area contributed by atoms with Crippen molar-refractivity contribution in [2.24, 2.45) is 0 Å². The van der Waals surface area contributed by atoms with Gasteiger partial charge in [0.2, 0.25) is 0 Å². The second-order valence-corrected chi connectivity index (χ2v) is 5.00.